The third kappa shape index (κ3) is 2.02. The fourth-order valence-electron chi connectivity index (χ4n) is 0.899. The summed E-state index contributed by atoms with van der Waals surface area (Å²) in [4.78, 5) is 0. The van der Waals surface area contributed by atoms with E-state index in [4.69, 9.17) is 0 Å². The number of hydrogen-bond donors (Lipinski definition) is 3. The minimum absolute atomic E-state index is 0.829. The Morgan fingerprint density at radius 1 is 1.67 bits per heavy atom. The van der Waals surface area contributed by atoms with E-state index in [1.165, 1.54) is 0 Å². The van der Waals surface area contributed by atoms with E-state index in [2.05, 4.69) is 20.8 Å². The number of aromatic nitrogens is 2. The first-order valence-corrected chi connectivity index (χ1v) is 3.89. The molecule has 0 aliphatic heterocycles. The summed E-state index contributed by atoms with van der Waals surface area (Å²) in [5.74, 6) is 1.77. The van der Waals surface area contributed by atoms with Crippen LogP contribution in [0.4, 0.5) is 5.82 Å². The van der Waals surface area contributed by atoms with Crippen molar-refractivity contribution in [2.75, 3.05) is 12.4 Å². The molecule has 0 atom stereocenters. The summed E-state index contributed by atoms with van der Waals surface area (Å²) in [6.07, 6.45) is 1.95. The number of allylic oxidation sites excluding steroid dienone is 1. The maximum absolute atomic E-state index is 4.03. The zero-order valence-corrected chi connectivity index (χ0v) is 7.60. The van der Waals surface area contributed by atoms with Gasteiger partial charge in [0, 0.05) is 18.8 Å². The number of nitrogens with zero attached hydrogens (tertiary/aromatic N) is 1. The minimum atomic E-state index is 0.829. The standard InChI is InChI=1S/C8H14N4/c1-4-7(9-3)10-8-5-6(2)11-12-8/h4-5,9H,1-3H3,(H2,10,11,12)/b7-4+. The first-order chi connectivity index (χ1) is 5.76. The highest BCUT2D eigenvalue weighted by Crippen LogP contribution is 2.05. The van der Waals surface area contributed by atoms with Crippen molar-refractivity contribution in [2.45, 2.75) is 13.8 Å². The van der Waals surface area contributed by atoms with Crippen LogP contribution >= 0.6 is 0 Å². The van der Waals surface area contributed by atoms with Gasteiger partial charge in [0.15, 0.2) is 5.82 Å². The van der Waals surface area contributed by atoms with Gasteiger partial charge < -0.3 is 10.6 Å². The van der Waals surface area contributed by atoms with Gasteiger partial charge in [-0.3, -0.25) is 5.10 Å². The zero-order valence-electron chi connectivity index (χ0n) is 7.60. The second-order valence-corrected chi connectivity index (χ2v) is 2.51. The van der Waals surface area contributed by atoms with E-state index in [1.807, 2.05) is 33.0 Å². The topological polar surface area (TPSA) is 52.7 Å². The molecule has 4 heteroatoms. The highest BCUT2D eigenvalue weighted by Gasteiger charge is 1.97. The molecule has 0 fully saturated rings. The Morgan fingerprint density at radius 2 is 2.42 bits per heavy atom. The Balaban J connectivity index is 2.63. The van der Waals surface area contributed by atoms with Crippen LogP contribution in [0, 0.1) is 6.92 Å². The number of H-pyrrole nitrogens is 1. The third-order valence-electron chi connectivity index (χ3n) is 1.53. The van der Waals surface area contributed by atoms with E-state index in [0.717, 1.165) is 17.3 Å². The van der Waals surface area contributed by atoms with E-state index in [9.17, 15) is 0 Å². The van der Waals surface area contributed by atoms with E-state index in [0.29, 0.717) is 0 Å². The average molecular weight is 166 g/mol. The molecule has 0 spiro atoms. The van der Waals surface area contributed by atoms with Gasteiger partial charge in [-0.05, 0) is 19.9 Å². The lowest BCUT2D eigenvalue weighted by Crippen LogP contribution is -2.14. The van der Waals surface area contributed by atoms with E-state index in [1.54, 1.807) is 0 Å². The molecule has 0 saturated heterocycles. The van der Waals surface area contributed by atoms with Crippen LogP contribution in [0.3, 0.4) is 0 Å². The SMILES string of the molecule is C/C=C(\NC)Nc1cc(C)[nH]n1. The van der Waals surface area contributed by atoms with Crippen LogP contribution in [-0.2, 0) is 0 Å². The number of aryl methyl sites for hydroxylation is 1. The van der Waals surface area contributed by atoms with Gasteiger partial charge in [0.2, 0.25) is 0 Å². The molecule has 0 aromatic carbocycles. The van der Waals surface area contributed by atoms with Gasteiger partial charge in [0.05, 0.1) is 5.82 Å². The van der Waals surface area contributed by atoms with Gasteiger partial charge in [0.1, 0.15) is 0 Å². The molecule has 12 heavy (non-hydrogen) atoms. The molecule has 1 aromatic heterocycles. The second kappa shape index (κ2) is 3.80. The van der Waals surface area contributed by atoms with Crippen LogP contribution < -0.4 is 10.6 Å². The van der Waals surface area contributed by atoms with E-state index >= 15 is 0 Å². The predicted molar refractivity (Wildman–Crippen MR) is 49.8 cm³/mol. The van der Waals surface area contributed by atoms with Gasteiger partial charge >= 0.3 is 0 Å². The lowest BCUT2D eigenvalue weighted by atomic mass is 10.4. The van der Waals surface area contributed by atoms with Crippen LogP contribution in [-0.4, -0.2) is 17.2 Å². The van der Waals surface area contributed by atoms with Crippen molar-refractivity contribution in [2.24, 2.45) is 0 Å². The normalized spacial score (nSPS) is 11.4. The molecule has 4 nitrogen and oxygen atoms in total. The summed E-state index contributed by atoms with van der Waals surface area (Å²) in [6, 6.07) is 1.95. The van der Waals surface area contributed by atoms with Crippen molar-refractivity contribution in [1.29, 1.82) is 0 Å². The van der Waals surface area contributed by atoms with Crippen molar-refractivity contribution in [3.05, 3.63) is 23.7 Å². The van der Waals surface area contributed by atoms with E-state index in [-0.39, 0.29) is 0 Å². The maximum atomic E-state index is 4.03. The first kappa shape index (κ1) is 8.64. The van der Waals surface area contributed by atoms with Gasteiger partial charge in [-0.15, -0.1) is 0 Å². The molecule has 1 heterocycles. The second-order valence-electron chi connectivity index (χ2n) is 2.51. The van der Waals surface area contributed by atoms with Crippen molar-refractivity contribution < 1.29 is 0 Å². The molecule has 0 aliphatic rings. The summed E-state index contributed by atoms with van der Waals surface area (Å²) in [7, 11) is 1.86. The van der Waals surface area contributed by atoms with Crippen LogP contribution in [0.15, 0.2) is 18.0 Å². The lowest BCUT2D eigenvalue weighted by molar-refractivity contribution is 0.974. The fourth-order valence-corrected chi connectivity index (χ4v) is 0.899. The monoisotopic (exact) mass is 166 g/mol. The minimum Gasteiger partial charge on any atom is -0.375 e. The molecule has 0 aliphatic carbocycles. The smallest absolute Gasteiger partial charge is 0.153 e. The predicted octanol–water partition coefficient (Wildman–Crippen LogP) is 1.21. The number of nitrogens with one attached hydrogen (secondary N) is 3. The molecule has 0 saturated carbocycles. The van der Waals surface area contributed by atoms with E-state index < -0.39 is 0 Å². The number of anilines is 1. The molecular weight excluding hydrogens is 152 g/mol. The molecule has 66 valence electrons. The lowest BCUT2D eigenvalue weighted by Gasteiger charge is -2.05. The Hall–Kier alpha value is -1.45. The van der Waals surface area contributed by atoms with Gasteiger partial charge in [-0.1, -0.05) is 0 Å². The van der Waals surface area contributed by atoms with Crippen LogP contribution in [0.2, 0.25) is 0 Å². The van der Waals surface area contributed by atoms with Crippen LogP contribution in [0.5, 0.6) is 0 Å². The summed E-state index contributed by atoms with van der Waals surface area (Å²) >= 11 is 0. The quantitative estimate of drug-likeness (QED) is 0.632. The summed E-state index contributed by atoms with van der Waals surface area (Å²) in [6.45, 7) is 3.92. The van der Waals surface area contributed by atoms with Gasteiger partial charge in [0.25, 0.3) is 0 Å². The average Bonchev–Trinajstić information content (AvgIpc) is 2.47. The molecule has 3 N–H and O–H groups in total. The first-order valence-electron chi connectivity index (χ1n) is 3.89. The molecule has 0 radical (unpaired) electrons. The van der Waals surface area contributed by atoms with Crippen molar-refractivity contribution in [3.63, 3.8) is 0 Å². The van der Waals surface area contributed by atoms with Gasteiger partial charge in [-0.25, -0.2) is 0 Å². The zero-order chi connectivity index (χ0) is 8.97. The number of hydrogen-bond acceptors (Lipinski definition) is 3. The molecule has 0 amide bonds. The molecular formula is C8H14N4. The highest BCUT2D eigenvalue weighted by atomic mass is 15.2. The number of rotatable bonds is 3. The van der Waals surface area contributed by atoms with Gasteiger partial charge in [-0.2, -0.15) is 5.10 Å². The van der Waals surface area contributed by atoms with Crippen LogP contribution in [0.1, 0.15) is 12.6 Å². The van der Waals surface area contributed by atoms with Crippen molar-refractivity contribution >= 4 is 5.82 Å². The number of aromatic amines is 1. The molecule has 1 rings (SSSR count). The van der Waals surface area contributed by atoms with Crippen LogP contribution in [0.25, 0.3) is 0 Å². The Labute approximate surface area is 72.1 Å². The Kier molecular flexibility index (Phi) is 2.74. The van der Waals surface area contributed by atoms with Crippen molar-refractivity contribution in [3.8, 4) is 0 Å². The fraction of sp³-hybridized carbons (Fsp3) is 0.375. The third-order valence-corrected chi connectivity index (χ3v) is 1.53. The molecule has 1 aromatic rings. The molecule has 0 unspecified atom stereocenters. The summed E-state index contributed by atoms with van der Waals surface area (Å²) in [5.41, 5.74) is 1.05. The summed E-state index contributed by atoms with van der Waals surface area (Å²) in [5, 5.41) is 13.0. The maximum Gasteiger partial charge on any atom is 0.153 e. The highest BCUT2D eigenvalue weighted by molar-refractivity contribution is 5.40. The largest absolute Gasteiger partial charge is 0.375 e. The Morgan fingerprint density at radius 3 is 2.83 bits per heavy atom. The Bertz CT molecular complexity index is 274. The molecule has 0 bridgehead atoms. The summed E-state index contributed by atoms with van der Waals surface area (Å²) < 4.78 is 0. The van der Waals surface area contributed by atoms with Crippen molar-refractivity contribution in [1.82, 2.24) is 15.5 Å².